The van der Waals surface area contributed by atoms with E-state index in [1.54, 1.807) is 0 Å². The summed E-state index contributed by atoms with van der Waals surface area (Å²) in [7, 11) is 0. The maximum atomic E-state index is 11.9. The van der Waals surface area contributed by atoms with Crippen LogP contribution in [0.15, 0.2) is 17.0 Å². The first-order valence-corrected chi connectivity index (χ1v) is 5.90. The number of aromatic nitrogens is 6. The highest BCUT2D eigenvalue weighted by Gasteiger charge is 2.18. The Bertz CT molecular complexity index is 518. The molecule has 7 nitrogen and oxygen atoms in total. The van der Waals surface area contributed by atoms with E-state index in [0.29, 0.717) is 10.5 Å². The van der Waals surface area contributed by atoms with Gasteiger partial charge in [0.15, 0.2) is 0 Å². The van der Waals surface area contributed by atoms with Crippen LogP contribution in [-0.2, 0) is 6.42 Å². The summed E-state index contributed by atoms with van der Waals surface area (Å²) in [6.07, 6.45) is 3.64. The quantitative estimate of drug-likeness (QED) is 0.836. The number of carbonyl (C=O) groups is 1. The Morgan fingerprint density at radius 1 is 1.47 bits per heavy atom. The van der Waals surface area contributed by atoms with Gasteiger partial charge in [0.25, 0.3) is 0 Å². The molecule has 0 saturated carbocycles. The largest absolute Gasteiger partial charge is 0.373 e. The average molecular weight is 299 g/mol. The van der Waals surface area contributed by atoms with Gasteiger partial charge in [0, 0.05) is 0 Å². The molecule has 2 aromatic heterocycles. The Labute approximate surface area is 106 Å². The first kappa shape index (κ1) is 11.9. The van der Waals surface area contributed by atoms with Crippen molar-refractivity contribution in [3.63, 3.8) is 0 Å². The number of nitrogens with zero attached hydrogens (tertiary/aromatic N) is 6. The van der Waals surface area contributed by atoms with Gasteiger partial charge in [-0.25, -0.2) is 4.79 Å². The second-order valence-corrected chi connectivity index (χ2v) is 4.72. The van der Waals surface area contributed by atoms with Crippen molar-refractivity contribution in [3.8, 4) is 0 Å². The standard InChI is InChI=1S/C9H11BrN6O/c1-6(2)5-7-8(10)16(14-12-7)9(17)15-4-3-11-13-15/h3-4,6H,5H2,1-2H3. The van der Waals surface area contributed by atoms with Crippen LogP contribution in [-0.4, -0.2) is 36.0 Å². The van der Waals surface area contributed by atoms with Crippen LogP contribution >= 0.6 is 15.9 Å². The fraction of sp³-hybridized carbons (Fsp3) is 0.444. The normalized spacial score (nSPS) is 11.1. The molecule has 0 aliphatic heterocycles. The van der Waals surface area contributed by atoms with Crippen LogP contribution in [0.3, 0.4) is 0 Å². The Hall–Kier alpha value is -1.57. The van der Waals surface area contributed by atoms with Crippen molar-refractivity contribution in [1.29, 1.82) is 0 Å². The van der Waals surface area contributed by atoms with Crippen LogP contribution < -0.4 is 0 Å². The summed E-state index contributed by atoms with van der Waals surface area (Å²) in [6.45, 7) is 4.15. The van der Waals surface area contributed by atoms with E-state index in [4.69, 9.17) is 0 Å². The maximum absolute atomic E-state index is 11.9. The maximum Gasteiger partial charge on any atom is 0.373 e. The van der Waals surface area contributed by atoms with Crippen LogP contribution in [0.25, 0.3) is 0 Å². The summed E-state index contributed by atoms with van der Waals surface area (Å²) in [6, 6.07) is -0.420. The highest BCUT2D eigenvalue weighted by Crippen LogP contribution is 2.17. The zero-order valence-electron chi connectivity index (χ0n) is 9.41. The summed E-state index contributed by atoms with van der Waals surface area (Å²) in [5.74, 6) is 0.443. The molecule has 8 heteroatoms. The van der Waals surface area contributed by atoms with Crippen LogP contribution in [0.2, 0.25) is 0 Å². The third-order valence-corrected chi connectivity index (χ3v) is 2.87. The lowest BCUT2D eigenvalue weighted by molar-refractivity contribution is 0.236. The summed E-state index contributed by atoms with van der Waals surface area (Å²) in [5, 5.41) is 15.0. The predicted molar refractivity (Wildman–Crippen MR) is 62.5 cm³/mol. The first-order valence-electron chi connectivity index (χ1n) is 5.10. The molecular weight excluding hydrogens is 288 g/mol. The Balaban J connectivity index is 2.28. The molecule has 2 rings (SSSR count). The minimum absolute atomic E-state index is 0.420. The number of rotatable bonds is 2. The number of hydrogen-bond acceptors (Lipinski definition) is 5. The van der Waals surface area contributed by atoms with Gasteiger partial charge >= 0.3 is 6.03 Å². The predicted octanol–water partition coefficient (Wildman–Crippen LogP) is 1.35. The second kappa shape index (κ2) is 4.74. The number of carbonyl (C=O) groups excluding carboxylic acids is 1. The Morgan fingerprint density at radius 3 is 2.82 bits per heavy atom. The molecule has 0 atom stereocenters. The smallest absolute Gasteiger partial charge is 0.243 e. The van der Waals surface area contributed by atoms with E-state index in [2.05, 4.69) is 50.4 Å². The fourth-order valence-electron chi connectivity index (χ4n) is 1.34. The number of halogens is 1. The van der Waals surface area contributed by atoms with E-state index in [1.807, 2.05) is 0 Å². The Morgan fingerprint density at radius 2 is 2.24 bits per heavy atom. The van der Waals surface area contributed by atoms with Crippen molar-refractivity contribution < 1.29 is 4.79 Å². The molecule has 17 heavy (non-hydrogen) atoms. The molecular formula is C9H11BrN6O. The molecule has 90 valence electrons. The van der Waals surface area contributed by atoms with Crippen LogP contribution in [0.5, 0.6) is 0 Å². The van der Waals surface area contributed by atoms with Crippen molar-refractivity contribution in [2.24, 2.45) is 5.92 Å². The molecule has 0 unspecified atom stereocenters. The van der Waals surface area contributed by atoms with Crippen molar-refractivity contribution in [1.82, 2.24) is 30.0 Å². The molecule has 2 aromatic rings. The molecule has 0 spiro atoms. The van der Waals surface area contributed by atoms with Gasteiger partial charge in [-0.2, -0.15) is 9.36 Å². The van der Waals surface area contributed by atoms with Crippen LogP contribution in [0.4, 0.5) is 4.79 Å². The lowest BCUT2D eigenvalue weighted by Crippen LogP contribution is -2.21. The van der Waals surface area contributed by atoms with Gasteiger partial charge in [0.1, 0.15) is 4.60 Å². The van der Waals surface area contributed by atoms with Gasteiger partial charge in [-0.1, -0.05) is 24.3 Å². The van der Waals surface area contributed by atoms with Gasteiger partial charge in [-0.3, -0.25) is 0 Å². The Kier molecular flexibility index (Phi) is 3.32. The molecule has 0 aliphatic rings. The molecule has 0 aromatic carbocycles. The zero-order valence-corrected chi connectivity index (χ0v) is 11.0. The molecule has 2 heterocycles. The zero-order chi connectivity index (χ0) is 12.4. The van der Waals surface area contributed by atoms with Gasteiger partial charge in [-0.05, 0) is 28.3 Å². The van der Waals surface area contributed by atoms with E-state index in [-0.39, 0.29) is 0 Å². The molecule has 0 fully saturated rings. The van der Waals surface area contributed by atoms with Crippen molar-refractivity contribution in [2.75, 3.05) is 0 Å². The summed E-state index contributed by atoms with van der Waals surface area (Å²) in [4.78, 5) is 11.9. The third-order valence-electron chi connectivity index (χ3n) is 2.08. The topological polar surface area (TPSA) is 78.5 Å². The highest BCUT2D eigenvalue weighted by molar-refractivity contribution is 9.10. The van der Waals surface area contributed by atoms with Gasteiger partial charge < -0.3 is 0 Å². The summed E-state index contributed by atoms with van der Waals surface area (Å²) in [5.41, 5.74) is 0.758. The fourth-order valence-corrected chi connectivity index (χ4v) is 1.81. The molecule has 0 amide bonds. The van der Waals surface area contributed by atoms with E-state index >= 15 is 0 Å². The molecule has 0 saturated heterocycles. The van der Waals surface area contributed by atoms with Crippen LogP contribution in [0, 0.1) is 5.92 Å². The van der Waals surface area contributed by atoms with E-state index in [1.165, 1.54) is 12.4 Å². The summed E-state index contributed by atoms with van der Waals surface area (Å²) < 4.78 is 2.82. The van der Waals surface area contributed by atoms with Crippen LogP contribution in [0.1, 0.15) is 19.5 Å². The van der Waals surface area contributed by atoms with Crippen molar-refractivity contribution >= 4 is 22.0 Å². The SMILES string of the molecule is CC(C)Cc1nnn(C(=O)n2ccnn2)c1Br. The highest BCUT2D eigenvalue weighted by atomic mass is 79.9. The summed E-state index contributed by atoms with van der Waals surface area (Å²) >= 11 is 3.32. The number of hydrogen-bond donors (Lipinski definition) is 0. The lowest BCUT2D eigenvalue weighted by Gasteiger charge is -2.02. The molecule has 0 radical (unpaired) electrons. The van der Waals surface area contributed by atoms with E-state index in [0.717, 1.165) is 21.5 Å². The molecule has 0 bridgehead atoms. The molecule has 0 N–H and O–H groups in total. The average Bonchev–Trinajstić information content (AvgIpc) is 2.88. The van der Waals surface area contributed by atoms with E-state index in [9.17, 15) is 4.79 Å². The third kappa shape index (κ3) is 2.41. The minimum atomic E-state index is -0.420. The second-order valence-electron chi connectivity index (χ2n) is 3.97. The first-order chi connectivity index (χ1) is 8.09. The van der Waals surface area contributed by atoms with Crippen molar-refractivity contribution in [3.05, 3.63) is 22.7 Å². The monoisotopic (exact) mass is 298 g/mol. The van der Waals surface area contributed by atoms with Gasteiger partial charge in [-0.15, -0.1) is 10.2 Å². The molecule has 0 aliphatic carbocycles. The van der Waals surface area contributed by atoms with E-state index < -0.39 is 6.03 Å². The van der Waals surface area contributed by atoms with Crippen molar-refractivity contribution in [2.45, 2.75) is 20.3 Å². The van der Waals surface area contributed by atoms with Gasteiger partial charge in [0.05, 0.1) is 18.1 Å². The lowest BCUT2D eigenvalue weighted by atomic mass is 10.1. The van der Waals surface area contributed by atoms with Gasteiger partial charge in [0.2, 0.25) is 0 Å². The minimum Gasteiger partial charge on any atom is -0.243 e.